The van der Waals surface area contributed by atoms with Gasteiger partial charge in [-0.25, -0.2) is 0 Å². The van der Waals surface area contributed by atoms with Crippen LogP contribution in [0.15, 0.2) is 6.07 Å². The highest BCUT2D eigenvalue weighted by Crippen LogP contribution is 2.36. The van der Waals surface area contributed by atoms with Crippen molar-refractivity contribution in [2.75, 3.05) is 6.61 Å². The number of rotatable bonds is 1. The van der Waals surface area contributed by atoms with Gasteiger partial charge in [-0.1, -0.05) is 58.2 Å². The summed E-state index contributed by atoms with van der Waals surface area (Å²) in [5, 5.41) is 9.67. The average Bonchev–Trinajstić information content (AvgIpc) is 2.20. The predicted octanol–water partition coefficient (Wildman–Crippen LogP) is 4.03. The van der Waals surface area contributed by atoms with Crippen LogP contribution in [0, 0.1) is 11.8 Å². The lowest BCUT2D eigenvalue weighted by atomic mass is 10.2. The van der Waals surface area contributed by atoms with Crippen molar-refractivity contribution in [1.82, 2.24) is 0 Å². The third kappa shape index (κ3) is 3.17. The van der Waals surface area contributed by atoms with E-state index >= 15 is 0 Å². The van der Waals surface area contributed by atoms with E-state index in [1.54, 1.807) is 0 Å². The largest absolute Gasteiger partial charge is 0.395 e. The zero-order valence-electron chi connectivity index (χ0n) is 7.45. The third-order valence-electron chi connectivity index (χ3n) is 1.56. The van der Waals surface area contributed by atoms with E-state index in [2.05, 4.69) is 11.8 Å². The second-order valence-electron chi connectivity index (χ2n) is 2.62. The first-order chi connectivity index (χ1) is 7.07. The van der Waals surface area contributed by atoms with E-state index in [9.17, 15) is 0 Å². The highest BCUT2D eigenvalue weighted by molar-refractivity contribution is 6.49. The molecule has 0 aliphatic rings. The number of benzene rings is 1. The molecule has 0 amide bonds. The van der Waals surface area contributed by atoms with Crippen molar-refractivity contribution in [1.29, 1.82) is 0 Å². The molecule has 5 heteroatoms. The molecule has 0 fully saturated rings. The van der Waals surface area contributed by atoms with Gasteiger partial charge in [-0.05, 0) is 6.07 Å². The molecule has 0 saturated heterocycles. The Balaban J connectivity index is 3.20. The number of hydrogen-bond acceptors (Lipinski definition) is 1. The number of aliphatic hydroxyl groups is 1. The Morgan fingerprint density at radius 2 is 1.73 bits per heavy atom. The molecule has 0 aliphatic carbocycles. The number of hydrogen-bond donors (Lipinski definition) is 1. The molecule has 1 aromatic carbocycles. The van der Waals surface area contributed by atoms with Crippen molar-refractivity contribution in [3.63, 3.8) is 0 Å². The van der Waals surface area contributed by atoms with Crippen molar-refractivity contribution < 1.29 is 5.11 Å². The summed E-state index contributed by atoms with van der Waals surface area (Å²) >= 11 is 23.4. The second kappa shape index (κ2) is 5.84. The van der Waals surface area contributed by atoms with Crippen LogP contribution in [0.5, 0.6) is 0 Å². The fraction of sp³-hybridized carbons (Fsp3) is 0.200. The fourth-order valence-corrected chi connectivity index (χ4v) is 1.89. The van der Waals surface area contributed by atoms with Crippen LogP contribution in [0.1, 0.15) is 12.0 Å². The van der Waals surface area contributed by atoms with E-state index in [4.69, 9.17) is 51.5 Å². The molecule has 1 nitrogen and oxygen atoms in total. The Kier molecular flexibility index (Phi) is 5.05. The third-order valence-corrected chi connectivity index (χ3v) is 3.12. The Morgan fingerprint density at radius 3 is 2.33 bits per heavy atom. The van der Waals surface area contributed by atoms with Gasteiger partial charge in [-0.2, -0.15) is 0 Å². The van der Waals surface area contributed by atoms with Crippen LogP contribution in [0.3, 0.4) is 0 Å². The molecule has 0 spiro atoms. The standard InChI is InChI=1S/C10H6Cl4O/c11-7-5-8(12)10(14)9(13)6(7)3-1-2-4-15/h5,15H,2,4H2. The fourth-order valence-electron chi connectivity index (χ4n) is 0.888. The van der Waals surface area contributed by atoms with Gasteiger partial charge < -0.3 is 5.11 Å². The van der Waals surface area contributed by atoms with Crippen LogP contribution < -0.4 is 0 Å². The molecular formula is C10H6Cl4O. The molecule has 0 saturated carbocycles. The summed E-state index contributed by atoms with van der Waals surface area (Å²) in [6.07, 6.45) is 0.354. The molecule has 1 aromatic rings. The minimum Gasteiger partial charge on any atom is -0.395 e. The Hall–Kier alpha value is -0.100. The van der Waals surface area contributed by atoms with Gasteiger partial charge in [0.05, 0.1) is 32.3 Å². The average molecular weight is 284 g/mol. The maximum Gasteiger partial charge on any atom is 0.0792 e. The van der Waals surface area contributed by atoms with Crippen LogP contribution >= 0.6 is 46.4 Å². The predicted molar refractivity (Wildman–Crippen MR) is 65.1 cm³/mol. The SMILES string of the molecule is OCCC#Cc1c(Cl)cc(Cl)c(Cl)c1Cl. The summed E-state index contributed by atoms with van der Waals surface area (Å²) in [4.78, 5) is 0. The monoisotopic (exact) mass is 282 g/mol. The van der Waals surface area contributed by atoms with Crippen LogP contribution in [-0.2, 0) is 0 Å². The van der Waals surface area contributed by atoms with Crippen LogP contribution in [0.25, 0.3) is 0 Å². The normalized spacial score (nSPS) is 9.67. The van der Waals surface area contributed by atoms with Crippen LogP contribution in [0.4, 0.5) is 0 Å². The smallest absolute Gasteiger partial charge is 0.0792 e. The summed E-state index contributed by atoms with van der Waals surface area (Å²) in [5.74, 6) is 5.44. The summed E-state index contributed by atoms with van der Waals surface area (Å²) in [5.41, 5.74) is 0.432. The molecule has 1 N–H and O–H groups in total. The summed E-state index contributed by atoms with van der Waals surface area (Å²) < 4.78 is 0. The van der Waals surface area contributed by atoms with Crippen molar-refractivity contribution in [3.8, 4) is 11.8 Å². The van der Waals surface area contributed by atoms with Gasteiger partial charge in [-0.15, -0.1) is 0 Å². The highest BCUT2D eigenvalue weighted by atomic mass is 35.5. The highest BCUT2D eigenvalue weighted by Gasteiger charge is 2.11. The number of halogens is 4. The van der Waals surface area contributed by atoms with Crippen molar-refractivity contribution >= 4 is 46.4 Å². The van der Waals surface area contributed by atoms with Gasteiger partial charge in [0, 0.05) is 6.42 Å². The van der Waals surface area contributed by atoms with Gasteiger partial charge in [0.25, 0.3) is 0 Å². The molecule has 0 atom stereocenters. The Bertz CT molecular complexity index is 431. The van der Waals surface area contributed by atoms with Gasteiger partial charge in [0.1, 0.15) is 0 Å². The van der Waals surface area contributed by atoms with E-state index in [0.717, 1.165) is 0 Å². The van der Waals surface area contributed by atoms with Crippen LogP contribution in [-0.4, -0.2) is 11.7 Å². The van der Waals surface area contributed by atoms with E-state index in [1.807, 2.05) is 0 Å². The lowest BCUT2D eigenvalue weighted by Gasteiger charge is -2.03. The van der Waals surface area contributed by atoms with Gasteiger partial charge >= 0.3 is 0 Å². The lowest BCUT2D eigenvalue weighted by molar-refractivity contribution is 0.305. The van der Waals surface area contributed by atoms with Crippen LogP contribution in [0.2, 0.25) is 20.1 Å². The molecule has 0 radical (unpaired) electrons. The quantitative estimate of drug-likeness (QED) is 0.469. The zero-order valence-corrected chi connectivity index (χ0v) is 10.5. The van der Waals surface area contributed by atoms with Gasteiger partial charge in [-0.3, -0.25) is 0 Å². The summed E-state index contributed by atoms with van der Waals surface area (Å²) in [7, 11) is 0. The molecular weight excluding hydrogens is 278 g/mol. The molecule has 1 rings (SSSR count). The van der Waals surface area contributed by atoms with Crippen molar-refractivity contribution in [3.05, 3.63) is 31.7 Å². The van der Waals surface area contributed by atoms with Gasteiger partial charge in [0.15, 0.2) is 0 Å². The van der Waals surface area contributed by atoms with E-state index in [1.165, 1.54) is 6.07 Å². The lowest BCUT2D eigenvalue weighted by Crippen LogP contribution is -1.84. The molecule has 80 valence electrons. The molecule has 15 heavy (non-hydrogen) atoms. The topological polar surface area (TPSA) is 20.2 Å². The number of aliphatic hydroxyl groups excluding tert-OH is 1. The van der Waals surface area contributed by atoms with Gasteiger partial charge in [0.2, 0.25) is 0 Å². The second-order valence-corrected chi connectivity index (χ2v) is 4.19. The minimum absolute atomic E-state index is 0.0104. The molecule has 0 heterocycles. The van der Waals surface area contributed by atoms with E-state index < -0.39 is 0 Å². The Morgan fingerprint density at radius 1 is 1.07 bits per heavy atom. The van der Waals surface area contributed by atoms with E-state index in [-0.39, 0.29) is 16.7 Å². The first kappa shape index (κ1) is 13.0. The van der Waals surface area contributed by atoms with Crippen molar-refractivity contribution in [2.45, 2.75) is 6.42 Å². The molecule has 0 aliphatic heterocycles. The summed E-state index contributed by atoms with van der Waals surface area (Å²) in [6, 6.07) is 1.49. The molecule has 0 aromatic heterocycles. The molecule has 0 bridgehead atoms. The minimum atomic E-state index is -0.0104. The first-order valence-corrected chi connectivity index (χ1v) is 5.51. The Labute approximate surface area is 108 Å². The van der Waals surface area contributed by atoms with Crippen molar-refractivity contribution in [2.24, 2.45) is 0 Å². The zero-order chi connectivity index (χ0) is 11.4. The maximum absolute atomic E-state index is 8.57. The van der Waals surface area contributed by atoms with E-state index in [0.29, 0.717) is 22.0 Å². The summed E-state index contributed by atoms with van der Waals surface area (Å²) in [6.45, 7) is -0.0104. The molecule has 0 unspecified atom stereocenters. The maximum atomic E-state index is 8.57. The first-order valence-electron chi connectivity index (χ1n) is 4.00.